The summed E-state index contributed by atoms with van der Waals surface area (Å²) in [5.41, 5.74) is 2.19. The number of halogens is 1. The summed E-state index contributed by atoms with van der Waals surface area (Å²) in [6, 6.07) is 6.93. The number of carbonyl (C=O) groups is 1. The summed E-state index contributed by atoms with van der Waals surface area (Å²) >= 11 is 6.18. The lowest BCUT2D eigenvalue weighted by molar-refractivity contribution is -0.111. The molecule has 0 saturated heterocycles. The van der Waals surface area contributed by atoms with Gasteiger partial charge in [0.05, 0.1) is 33.5 Å². The van der Waals surface area contributed by atoms with Gasteiger partial charge in [0.15, 0.2) is 23.0 Å². The quantitative estimate of drug-likeness (QED) is 0.711. The first-order valence-electron chi connectivity index (χ1n) is 8.06. The van der Waals surface area contributed by atoms with Gasteiger partial charge in [0.1, 0.15) is 0 Å². The SMILES string of the molecule is COc1cc(C)c(NC(=O)C=Cc2cc(Cl)c(OC)c(OC)c2)cc1OC. The Kier molecular flexibility index (Phi) is 6.96. The molecule has 2 rings (SSSR count). The van der Waals surface area contributed by atoms with Gasteiger partial charge in [-0.3, -0.25) is 4.79 Å². The number of amides is 1. The van der Waals surface area contributed by atoms with Crippen molar-refractivity contribution in [2.24, 2.45) is 0 Å². The molecule has 7 heteroatoms. The highest BCUT2D eigenvalue weighted by atomic mass is 35.5. The minimum absolute atomic E-state index is 0.295. The second-order valence-corrected chi connectivity index (χ2v) is 5.99. The normalized spacial score (nSPS) is 10.6. The van der Waals surface area contributed by atoms with E-state index >= 15 is 0 Å². The van der Waals surface area contributed by atoms with Crippen LogP contribution in [0.5, 0.6) is 23.0 Å². The van der Waals surface area contributed by atoms with E-state index in [0.717, 1.165) is 5.56 Å². The van der Waals surface area contributed by atoms with Crippen molar-refractivity contribution in [3.8, 4) is 23.0 Å². The van der Waals surface area contributed by atoms with Gasteiger partial charge in [0, 0.05) is 17.8 Å². The molecule has 0 aliphatic rings. The van der Waals surface area contributed by atoms with Crippen molar-refractivity contribution in [2.45, 2.75) is 6.92 Å². The van der Waals surface area contributed by atoms with E-state index in [1.165, 1.54) is 20.3 Å². The second-order valence-electron chi connectivity index (χ2n) is 5.58. The van der Waals surface area contributed by atoms with E-state index in [9.17, 15) is 4.79 Å². The highest BCUT2D eigenvalue weighted by molar-refractivity contribution is 6.32. The average molecular weight is 392 g/mol. The first-order valence-corrected chi connectivity index (χ1v) is 8.44. The van der Waals surface area contributed by atoms with Gasteiger partial charge < -0.3 is 24.3 Å². The van der Waals surface area contributed by atoms with E-state index in [1.54, 1.807) is 44.6 Å². The van der Waals surface area contributed by atoms with Crippen LogP contribution in [0.25, 0.3) is 6.08 Å². The van der Waals surface area contributed by atoms with Crippen molar-refractivity contribution in [3.05, 3.63) is 46.5 Å². The van der Waals surface area contributed by atoms with Gasteiger partial charge >= 0.3 is 0 Å². The molecule has 0 aliphatic heterocycles. The summed E-state index contributed by atoms with van der Waals surface area (Å²) < 4.78 is 21.0. The summed E-state index contributed by atoms with van der Waals surface area (Å²) in [5, 5.41) is 3.22. The summed E-state index contributed by atoms with van der Waals surface area (Å²) in [7, 11) is 6.14. The van der Waals surface area contributed by atoms with Crippen molar-refractivity contribution in [1.82, 2.24) is 0 Å². The molecular weight excluding hydrogens is 370 g/mol. The molecule has 0 saturated carbocycles. The number of ether oxygens (including phenoxy) is 4. The molecule has 0 atom stereocenters. The van der Waals surface area contributed by atoms with Crippen LogP contribution in [0.4, 0.5) is 5.69 Å². The fourth-order valence-corrected chi connectivity index (χ4v) is 2.79. The van der Waals surface area contributed by atoms with Gasteiger partial charge in [0.2, 0.25) is 5.91 Å². The second kappa shape index (κ2) is 9.19. The lowest BCUT2D eigenvalue weighted by atomic mass is 10.1. The zero-order valence-corrected chi connectivity index (χ0v) is 16.6. The predicted molar refractivity (Wildman–Crippen MR) is 107 cm³/mol. The monoisotopic (exact) mass is 391 g/mol. The van der Waals surface area contributed by atoms with Gasteiger partial charge in [-0.05, 0) is 42.3 Å². The van der Waals surface area contributed by atoms with Crippen LogP contribution in [0.1, 0.15) is 11.1 Å². The molecule has 27 heavy (non-hydrogen) atoms. The number of aryl methyl sites for hydroxylation is 1. The number of carbonyl (C=O) groups excluding carboxylic acids is 1. The predicted octanol–water partition coefficient (Wildman–Crippen LogP) is 4.33. The minimum Gasteiger partial charge on any atom is -0.493 e. The Hall–Kier alpha value is -2.86. The van der Waals surface area contributed by atoms with Crippen LogP contribution in [0.3, 0.4) is 0 Å². The van der Waals surface area contributed by atoms with Gasteiger partial charge in [-0.1, -0.05) is 11.6 Å². The third kappa shape index (κ3) is 4.86. The summed E-state index contributed by atoms with van der Waals surface area (Å²) in [4.78, 5) is 12.3. The van der Waals surface area contributed by atoms with E-state index in [0.29, 0.717) is 39.3 Å². The number of methoxy groups -OCH3 is 4. The van der Waals surface area contributed by atoms with Gasteiger partial charge in [-0.25, -0.2) is 0 Å². The Morgan fingerprint density at radius 1 is 0.926 bits per heavy atom. The zero-order valence-electron chi connectivity index (χ0n) is 15.9. The third-order valence-electron chi connectivity index (χ3n) is 3.87. The molecule has 1 N–H and O–H groups in total. The molecule has 0 aliphatic carbocycles. The lowest BCUT2D eigenvalue weighted by Gasteiger charge is -2.13. The van der Waals surface area contributed by atoms with Crippen molar-refractivity contribution >= 4 is 29.3 Å². The molecule has 0 spiro atoms. The maximum atomic E-state index is 12.3. The van der Waals surface area contributed by atoms with Gasteiger partial charge in [0.25, 0.3) is 0 Å². The fourth-order valence-electron chi connectivity index (χ4n) is 2.50. The number of anilines is 1. The topological polar surface area (TPSA) is 66.0 Å². The van der Waals surface area contributed by atoms with Crippen LogP contribution in [-0.2, 0) is 4.79 Å². The van der Waals surface area contributed by atoms with E-state index < -0.39 is 0 Å². The number of hydrogen-bond donors (Lipinski definition) is 1. The minimum atomic E-state index is -0.295. The molecule has 0 radical (unpaired) electrons. The maximum Gasteiger partial charge on any atom is 0.248 e. The molecular formula is C20H22ClNO5. The molecule has 0 unspecified atom stereocenters. The zero-order chi connectivity index (χ0) is 20.0. The largest absolute Gasteiger partial charge is 0.493 e. The van der Waals surface area contributed by atoms with Crippen LogP contribution in [0.15, 0.2) is 30.3 Å². The highest BCUT2D eigenvalue weighted by Crippen LogP contribution is 2.36. The fraction of sp³-hybridized carbons (Fsp3) is 0.250. The third-order valence-corrected chi connectivity index (χ3v) is 4.15. The van der Waals surface area contributed by atoms with Gasteiger partial charge in [-0.15, -0.1) is 0 Å². The van der Waals surface area contributed by atoms with Crippen molar-refractivity contribution < 1.29 is 23.7 Å². The summed E-state index contributed by atoms with van der Waals surface area (Å²) in [6.45, 7) is 1.87. The van der Waals surface area contributed by atoms with Crippen molar-refractivity contribution in [1.29, 1.82) is 0 Å². The van der Waals surface area contributed by atoms with E-state index in [2.05, 4.69) is 5.32 Å². The smallest absolute Gasteiger partial charge is 0.248 e. The molecule has 0 bridgehead atoms. The Morgan fingerprint density at radius 3 is 2.15 bits per heavy atom. The molecule has 2 aromatic rings. The molecule has 2 aromatic carbocycles. The van der Waals surface area contributed by atoms with Crippen LogP contribution in [-0.4, -0.2) is 34.3 Å². The molecule has 0 heterocycles. The van der Waals surface area contributed by atoms with Gasteiger partial charge in [-0.2, -0.15) is 0 Å². The molecule has 6 nitrogen and oxygen atoms in total. The molecule has 144 valence electrons. The highest BCUT2D eigenvalue weighted by Gasteiger charge is 2.11. The van der Waals surface area contributed by atoms with E-state index in [-0.39, 0.29) is 5.91 Å². The number of nitrogens with one attached hydrogen (secondary N) is 1. The number of hydrogen-bond acceptors (Lipinski definition) is 5. The first-order chi connectivity index (χ1) is 12.9. The van der Waals surface area contributed by atoms with Crippen LogP contribution in [0.2, 0.25) is 5.02 Å². The number of rotatable bonds is 7. The summed E-state index contributed by atoms with van der Waals surface area (Å²) in [5.74, 6) is 1.77. The first kappa shape index (κ1) is 20.5. The maximum absolute atomic E-state index is 12.3. The van der Waals surface area contributed by atoms with Crippen molar-refractivity contribution in [2.75, 3.05) is 33.8 Å². The summed E-state index contributed by atoms with van der Waals surface area (Å²) in [6.07, 6.45) is 3.05. The Bertz CT molecular complexity index is 864. The molecule has 0 aromatic heterocycles. The molecule has 1 amide bonds. The van der Waals surface area contributed by atoms with E-state index in [1.807, 2.05) is 6.92 Å². The standard InChI is InChI=1S/C20H22ClNO5/c1-12-8-16(24-2)17(25-3)11-15(12)22-19(23)7-6-13-9-14(21)20(27-5)18(10-13)26-4/h6-11H,1-5H3,(H,22,23). The van der Waals surface area contributed by atoms with Crippen molar-refractivity contribution in [3.63, 3.8) is 0 Å². The van der Waals surface area contributed by atoms with E-state index in [4.69, 9.17) is 30.5 Å². The Labute approximate surface area is 163 Å². The van der Waals surface area contributed by atoms with Crippen LogP contribution in [0, 0.1) is 6.92 Å². The molecule has 0 fully saturated rings. The Balaban J connectivity index is 2.20. The lowest BCUT2D eigenvalue weighted by Crippen LogP contribution is -2.09. The number of benzene rings is 2. The Morgan fingerprint density at radius 2 is 1.56 bits per heavy atom. The van der Waals surface area contributed by atoms with Crippen LogP contribution < -0.4 is 24.3 Å². The average Bonchev–Trinajstić information content (AvgIpc) is 2.66. The van der Waals surface area contributed by atoms with Crippen LogP contribution >= 0.6 is 11.6 Å².